The summed E-state index contributed by atoms with van der Waals surface area (Å²) in [5, 5.41) is 22.0. The molecule has 0 aromatic heterocycles. The number of anilines is 2. The number of hydrogen-bond donors (Lipinski definition) is 6. The van der Waals surface area contributed by atoms with Crippen molar-refractivity contribution in [3.8, 4) is 0 Å². The molecule has 0 heterocycles. The number of amides is 1. The summed E-state index contributed by atoms with van der Waals surface area (Å²) in [6, 6.07) is 11.7. The maximum Gasteiger partial charge on any atom is 0.322 e. The van der Waals surface area contributed by atoms with Gasteiger partial charge in [0.2, 0.25) is 10.0 Å². The van der Waals surface area contributed by atoms with E-state index in [0.717, 1.165) is 0 Å². The fraction of sp³-hybridized carbons (Fsp3) is 0.286. The molecule has 7 N–H and O–H groups in total. The van der Waals surface area contributed by atoms with Crippen molar-refractivity contribution in [3.63, 3.8) is 0 Å². The number of sulfonamides is 1. The topological polar surface area (TPSA) is 174 Å². The van der Waals surface area contributed by atoms with Crippen LogP contribution < -0.4 is 21.1 Å². The zero-order valence-corrected chi connectivity index (χ0v) is 18.4. The SMILES string of the molecule is CCCCS(=O)(=O)NC(Cc1ccc(NC(=O)c2cccc(NC(=N)N)c2)cc1)C(=O)O. The third-order valence-electron chi connectivity index (χ3n) is 4.44. The van der Waals surface area contributed by atoms with Crippen LogP contribution in [-0.2, 0) is 21.2 Å². The number of carbonyl (C=O) groups is 2. The summed E-state index contributed by atoms with van der Waals surface area (Å²) in [6.07, 6.45) is 1.10. The number of nitrogens with one attached hydrogen (secondary N) is 4. The van der Waals surface area contributed by atoms with Crippen LogP contribution in [0, 0.1) is 5.41 Å². The van der Waals surface area contributed by atoms with Gasteiger partial charge >= 0.3 is 5.97 Å². The molecule has 0 aliphatic rings. The Morgan fingerprint density at radius 2 is 1.78 bits per heavy atom. The second-order valence-corrected chi connectivity index (χ2v) is 9.03. The molecule has 0 spiro atoms. The van der Waals surface area contributed by atoms with Gasteiger partial charge in [0.15, 0.2) is 5.96 Å². The van der Waals surface area contributed by atoms with Gasteiger partial charge in [0, 0.05) is 16.9 Å². The van der Waals surface area contributed by atoms with Crippen LogP contribution in [0.1, 0.15) is 35.7 Å². The molecule has 1 amide bonds. The van der Waals surface area contributed by atoms with Gasteiger partial charge in [-0.3, -0.25) is 15.0 Å². The highest BCUT2D eigenvalue weighted by Gasteiger charge is 2.24. The van der Waals surface area contributed by atoms with E-state index in [0.29, 0.717) is 35.3 Å². The average Bonchev–Trinajstić information content (AvgIpc) is 2.72. The van der Waals surface area contributed by atoms with E-state index < -0.39 is 22.0 Å². The zero-order valence-electron chi connectivity index (χ0n) is 17.6. The number of carboxylic acid groups (broad SMARTS) is 1. The molecule has 0 fully saturated rings. The molecule has 10 nitrogen and oxygen atoms in total. The van der Waals surface area contributed by atoms with E-state index in [-0.39, 0.29) is 24.0 Å². The molecular weight excluding hydrogens is 434 g/mol. The Morgan fingerprint density at radius 1 is 1.09 bits per heavy atom. The Bertz CT molecular complexity index is 1070. The van der Waals surface area contributed by atoms with Crippen LogP contribution in [0.2, 0.25) is 0 Å². The summed E-state index contributed by atoms with van der Waals surface area (Å²) in [5.41, 5.74) is 7.23. The molecule has 172 valence electrons. The molecule has 0 radical (unpaired) electrons. The molecule has 0 aliphatic heterocycles. The summed E-state index contributed by atoms with van der Waals surface area (Å²) >= 11 is 0. The maximum absolute atomic E-state index is 12.5. The maximum atomic E-state index is 12.5. The fourth-order valence-corrected chi connectivity index (χ4v) is 4.25. The van der Waals surface area contributed by atoms with Gasteiger partial charge in [0.25, 0.3) is 5.91 Å². The van der Waals surface area contributed by atoms with Gasteiger partial charge in [-0.1, -0.05) is 31.5 Å². The molecular formula is C21H27N5O5S. The van der Waals surface area contributed by atoms with E-state index >= 15 is 0 Å². The van der Waals surface area contributed by atoms with Gasteiger partial charge in [-0.15, -0.1) is 0 Å². The lowest BCUT2D eigenvalue weighted by Gasteiger charge is -2.15. The monoisotopic (exact) mass is 461 g/mol. The lowest BCUT2D eigenvalue weighted by Crippen LogP contribution is -2.43. The Morgan fingerprint density at radius 3 is 2.38 bits per heavy atom. The molecule has 0 saturated heterocycles. The molecule has 0 bridgehead atoms. The van der Waals surface area contributed by atoms with E-state index in [1.807, 2.05) is 6.92 Å². The van der Waals surface area contributed by atoms with Gasteiger partial charge in [-0.05, 0) is 48.7 Å². The Kier molecular flexibility index (Phi) is 8.73. The number of benzene rings is 2. The minimum absolute atomic E-state index is 0.0341. The molecule has 0 aliphatic carbocycles. The van der Waals surface area contributed by atoms with Crippen molar-refractivity contribution < 1.29 is 23.1 Å². The van der Waals surface area contributed by atoms with Gasteiger partial charge in [-0.2, -0.15) is 0 Å². The molecule has 1 unspecified atom stereocenters. The van der Waals surface area contributed by atoms with Crippen molar-refractivity contribution in [2.24, 2.45) is 5.73 Å². The molecule has 2 aromatic carbocycles. The summed E-state index contributed by atoms with van der Waals surface area (Å²) < 4.78 is 26.3. The number of carbonyl (C=O) groups excluding carboxylic acids is 1. The first-order chi connectivity index (χ1) is 15.1. The lowest BCUT2D eigenvalue weighted by atomic mass is 10.1. The lowest BCUT2D eigenvalue weighted by molar-refractivity contribution is -0.138. The third-order valence-corrected chi connectivity index (χ3v) is 5.91. The van der Waals surface area contributed by atoms with Crippen molar-refractivity contribution in [2.75, 3.05) is 16.4 Å². The number of aliphatic carboxylic acids is 1. The number of rotatable bonds is 11. The van der Waals surface area contributed by atoms with Crippen LogP contribution in [0.5, 0.6) is 0 Å². The normalized spacial score (nSPS) is 12.0. The second kappa shape index (κ2) is 11.3. The van der Waals surface area contributed by atoms with Crippen molar-refractivity contribution in [2.45, 2.75) is 32.2 Å². The van der Waals surface area contributed by atoms with Gasteiger partial charge < -0.3 is 21.5 Å². The van der Waals surface area contributed by atoms with Crippen LogP contribution in [0.25, 0.3) is 0 Å². The zero-order chi connectivity index (χ0) is 23.7. The average molecular weight is 462 g/mol. The number of hydrogen-bond acceptors (Lipinski definition) is 5. The minimum atomic E-state index is -3.69. The van der Waals surface area contributed by atoms with E-state index in [1.54, 1.807) is 48.5 Å². The highest BCUT2D eigenvalue weighted by atomic mass is 32.2. The summed E-state index contributed by atoms with van der Waals surface area (Å²) in [4.78, 5) is 24.0. The number of carboxylic acids is 1. The Hall–Kier alpha value is -3.44. The fourth-order valence-electron chi connectivity index (χ4n) is 2.85. The van der Waals surface area contributed by atoms with Crippen molar-refractivity contribution in [1.29, 1.82) is 5.41 Å². The van der Waals surface area contributed by atoms with E-state index in [4.69, 9.17) is 11.1 Å². The highest BCUT2D eigenvalue weighted by Crippen LogP contribution is 2.15. The van der Waals surface area contributed by atoms with Crippen molar-refractivity contribution in [1.82, 2.24) is 4.72 Å². The number of unbranched alkanes of at least 4 members (excludes halogenated alkanes) is 1. The predicted molar refractivity (Wildman–Crippen MR) is 123 cm³/mol. The van der Waals surface area contributed by atoms with E-state index in [1.165, 1.54) is 0 Å². The molecule has 32 heavy (non-hydrogen) atoms. The smallest absolute Gasteiger partial charge is 0.322 e. The Balaban J connectivity index is 2.03. The van der Waals surface area contributed by atoms with Crippen LogP contribution in [0.3, 0.4) is 0 Å². The summed E-state index contributed by atoms with van der Waals surface area (Å²) in [7, 11) is -3.69. The van der Waals surface area contributed by atoms with Crippen LogP contribution in [0.15, 0.2) is 48.5 Å². The first-order valence-electron chi connectivity index (χ1n) is 9.94. The first-order valence-corrected chi connectivity index (χ1v) is 11.6. The summed E-state index contributed by atoms with van der Waals surface area (Å²) in [5.74, 6) is -2.01. The van der Waals surface area contributed by atoms with Gasteiger partial charge in [0.05, 0.1) is 5.75 Å². The minimum Gasteiger partial charge on any atom is -0.480 e. The number of guanidine groups is 1. The van der Waals surface area contributed by atoms with Crippen molar-refractivity contribution in [3.05, 3.63) is 59.7 Å². The third kappa shape index (κ3) is 8.00. The molecule has 2 rings (SSSR count). The largest absolute Gasteiger partial charge is 0.480 e. The molecule has 1 atom stereocenters. The van der Waals surface area contributed by atoms with E-state index in [2.05, 4.69) is 15.4 Å². The number of nitrogens with two attached hydrogens (primary N) is 1. The van der Waals surface area contributed by atoms with Crippen LogP contribution in [0.4, 0.5) is 11.4 Å². The van der Waals surface area contributed by atoms with Crippen molar-refractivity contribution >= 4 is 39.2 Å². The van der Waals surface area contributed by atoms with Crippen LogP contribution in [-0.4, -0.2) is 43.2 Å². The first kappa shape index (κ1) is 24.8. The van der Waals surface area contributed by atoms with Gasteiger partial charge in [-0.25, -0.2) is 13.1 Å². The predicted octanol–water partition coefficient (Wildman–Crippen LogP) is 1.96. The molecule has 11 heteroatoms. The summed E-state index contributed by atoms with van der Waals surface area (Å²) in [6.45, 7) is 1.85. The molecule has 2 aromatic rings. The van der Waals surface area contributed by atoms with Gasteiger partial charge in [0.1, 0.15) is 6.04 Å². The standard InChI is InChI=1S/C21H27N5O5S/c1-2-3-11-32(30,31)26-18(20(28)29)12-14-7-9-16(10-8-14)24-19(27)15-5-4-6-17(13-15)25-21(22)23/h4-10,13,18,26H,2-3,11-12H2,1H3,(H,24,27)(H,28,29)(H4,22,23,25). The molecule has 0 saturated carbocycles. The second-order valence-electron chi connectivity index (χ2n) is 7.16. The van der Waals surface area contributed by atoms with Crippen LogP contribution >= 0.6 is 0 Å². The Labute approximate surface area is 186 Å². The quantitative estimate of drug-likeness (QED) is 0.219. The highest BCUT2D eigenvalue weighted by molar-refractivity contribution is 7.89. The van der Waals surface area contributed by atoms with E-state index in [9.17, 15) is 23.1 Å².